The van der Waals surface area contributed by atoms with Crippen LogP contribution in [0.4, 0.5) is 42.8 Å². The molecule has 0 bridgehead atoms. The number of carbonyl (C=O) groups is 1. The van der Waals surface area contributed by atoms with E-state index in [-0.39, 0.29) is 61.1 Å². The van der Waals surface area contributed by atoms with Gasteiger partial charge in [0, 0.05) is 31.1 Å². The van der Waals surface area contributed by atoms with Gasteiger partial charge in [0.05, 0.1) is 54.0 Å². The molecule has 0 saturated carbocycles. The van der Waals surface area contributed by atoms with E-state index in [0.717, 1.165) is 0 Å². The number of benzene rings is 1. The third-order valence-corrected chi connectivity index (χ3v) is 7.27. The second-order valence-electron chi connectivity index (χ2n) is 10.2. The van der Waals surface area contributed by atoms with Crippen molar-refractivity contribution in [1.82, 2.24) is 15.0 Å². The summed E-state index contributed by atoms with van der Waals surface area (Å²) in [5.74, 6) is 0.312. The molecule has 4 rings (SSSR count). The molecule has 9 nitrogen and oxygen atoms in total. The first-order valence-corrected chi connectivity index (χ1v) is 14.1. The summed E-state index contributed by atoms with van der Waals surface area (Å²) in [5.41, 5.74) is -1.67. The highest BCUT2D eigenvalue weighted by Gasteiger charge is 2.39. The van der Waals surface area contributed by atoms with Crippen LogP contribution in [0.1, 0.15) is 72.8 Å². The molecule has 2 atom stereocenters. The average Bonchev–Trinajstić information content (AvgIpc) is 2.99. The number of nitrogens with one attached hydrogen (secondary N) is 1. The van der Waals surface area contributed by atoms with Gasteiger partial charge in [-0.05, 0) is 61.6 Å². The summed E-state index contributed by atoms with van der Waals surface area (Å²) < 4.78 is 91.7. The summed E-state index contributed by atoms with van der Waals surface area (Å²) in [5, 5.41) is 12.3. The maximum Gasteiger partial charge on any atom is 0.416 e. The molecule has 3 heterocycles. The first-order valence-electron chi connectivity index (χ1n) is 14.1. The molecule has 2 aromatic heterocycles. The second kappa shape index (κ2) is 13.6. The van der Waals surface area contributed by atoms with Gasteiger partial charge in [-0.15, -0.1) is 0 Å². The molecular weight excluding hydrogens is 606 g/mol. The summed E-state index contributed by atoms with van der Waals surface area (Å²) in [6, 6.07) is 5.75. The van der Waals surface area contributed by atoms with Crippen LogP contribution in [0, 0.1) is 11.3 Å². The minimum atomic E-state index is -5.01. The van der Waals surface area contributed by atoms with Crippen LogP contribution in [0.5, 0.6) is 5.88 Å². The monoisotopic (exact) mass is 636 g/mol. The van der Waals surface area contributed by atoms with Gasteiger partial charge in [-0.1, -0.05) is 6.92 Å². The van der Waals surface area contributed by atoms with E-state index in [2.05, 4.69) is 20.3 Å². The second-order valence-corrected chi connectivity index (χ2v) is 10.2. The van der Waals surface area contributed by atoms with E-state index in [4.69, 9.17) is 14.7 Å². The number of nitriles is 1. The quantitative estimate of drug-likeness (QED) is 0.244. The van der Waals surface area contributed by atoms with Gasteiger partial charge < -0.3 is 14.8 Å². The van der Waals surface area contributed by atoms with Crippen LogP contribution in [0.15, 0.2) is 36.5 Å². The predicted octanol–water partition coefficient (Wildman–Crippen LogP) is 7.26. The Balaban J connectivity index is 1.75. The number of hydrogen-bond donors (Lipinski definition) is 1. The number of rotatable bonds is 9. The zero-order valence-electron chi connectivity index (χ0n) is 24.6. The van der Waals surface area contributed by atoms with Crippen LogP contribution in [-0.4, -0.2) is 40.8 Å². The van der Waals surface area contributed by atoms with Crippen molar-refractivity contribution in [1.29, 1.82) is 5.26 Å². The lowest BCUT2D eigenvalue weighted by Gasteiger charge is -2.39. The van der Waals surface area contributed by atoms with Gasteiger partial charge in [0.2, 0.25) is 11.8 Å². The van der Waals surface area contributed by atoms with Crippen molar-refractivity contribution in [3.8, 4) is 11.9 Å². The summed E-state index contributed by atoms with van der Waals surface area (Å²) >= 11 is 0. The normalized spacial score (nSPS) is 16.5. The molecule has 0 aliphatic carbocycles. The third kappa shape index (κ3) is 7.73. The molecule has 0 spiro atoms. The SMILES string of the molecule is CCOC(=O)N1c2ccc(OC)nc2[C@@H](Nc2ncc(CCC#N)c(Cc3cc(C(F)(F)F)cc(C(F)(F)F)c3)n2)C[C@H]1CC. The number of carbonyl (C=O) groups excluding carboxylic acids is 1. The predicted molar refractivity (Wildman–Crippen MR) is 151 cm³/mol. The van der Waals surface area contributed by atoms with E-state index >= 15 is 0 Å². The maximum atomic E-state index is 13.5. The Kier molecular flexibility index (Phi) is 10.0. The van der Waals surface area contributed by atoms with Crippen molar-refractivity contribution in [2.75, 3.05) is 23.9 Å². The fraction of sp³-hybridized carbons (Fsp3) is 0.433. The zero-order valence-corrected chi connectivity index (χ0v) is 24.6. The van der Waals surface area contributed by atoms with Crippen molar-refractivity contribution in [3.05, 3.63) is 70.2 Å². The smallest absolute Gasteiger partial charge is 0.416 e. The van der Waals surface area contributed by atoms with Gasteiger partial charge >= 0.3 is 18.4 Å². The number of fused-ring (bicyclic) bond motifs is 1. The van der Waals surface area contributed by atoms with E-state index in [1.165, 1.54) is 18.2 Å². The van der Waals surface area contributed by atoms with E-state index < -0.39 is 35.6 Å². The molecule has 0 radical (unpaired) electrons. The molecule has 15 heteroatoms. The van der Waals surface area contributed by atoms with Crippen molar-refractivity contribution < 1.29 is 40.6 Å². The summed E-state index contributed by atoms with van der Waals surface area (Å²) in [6.45, 7) is 3.76. The highest BCUT2D eigenvalue weighted by Crippen LogP contribution is 2.40. The molecule has 0 unspecified atom stereocenters. The van der Waals surface area contributed by atoms with Gasteiger partial charge in [-0.3, -0.25) is 4.90 Å². The number of nitrogens with zero attached hydrogens (tertiary/aromatic N) is 5. The molecule has 1 aliphatic heterocycles. The molecule has 1 N–H and O–H groups in total. The van der Waals surface area contributed by atoms with Crippen LogP contribution in [0.25, 0.3) is 0 Å². The fourth-order valence-electron chi connectivity index (χ4n) is 5.16. The van der Waals surface area contributed by atoms with Crippen LogP contribution < -0.4 is 15.0 Å². The van der Waals surface area contributed by atoms with Crippen molar-refractivity contribution in [3.63, 3.8) is 0 Å². The third-order valence-electron chi connectivity index (χ3n) is 7.27. The van der Waals surface area contributed by atoms with Crippen molar-refractivity contribution >= 4 is 17.7 Å². The average molecular weight is 637 g/mol. The van der Waals surface area contributed by atoms with Crippen LogP contribution in [0.2, 0.25) is 0 Å². The van der Waals surface area contributed by atoms with E-state index in [9.17, 15) is 31.1 Å². The van der Waals surface area contributed by atoms with Gasteiger partial charge in [0.15, 0.2) is 0 Å². The first kappa shape index (κ1) is 33.3. The highest BCUT2D eigenvalue weighted by atomic mass is 19.4. The number of halogens is 6. The van der Waals surface area contributed by atoms with Crippen LogP contribution in [0.3, 0.4) is 0 Å². The lowest BCUT2D eigenvalue weighted by molar-refractivity contribution is -0.143. The van der Waals surface area contributed by atoms with Crippen molar-refractivity contribution in [2.24, 2.45) is 0 Å². The van der Waals surface area contributed by atoms with Crippen LogP contribution >= 0.6 is 0 Å². The molecular formula is C30H30F6N6O3. The molecule has 240 valence electrons. The number of pyridine rings is 1. The molecule has 1 aromatic carbocycles. The number of aryl methyl sites for hydroxylation is 1. The molecule has 1 aliphatic rings. The molecule has 45 heavy (non-hydrogen) atoms. The molecule has 3 aromatic rings. The Hall–Kier alpha value is -4.61. The Morgan fingerprint density at radius 3 is 2.36 bits per heavy atom. The fourth-order valence-corrected chi connectivity index (χ4v) is 5.16. The van der Waals surface area contributed by atoms with Gasteiger partial charge in [0.1, 0.15) is 0 Å². The molecule has 0 fully saturated rings. The van der Waals surface area contributed by atoms with E-state index in [1.54, 1.807) is 19.1 Å². The standard InChI is InChI=1S/C30H30F6N6O3/c1-4-21-15-23(26-24(8-9-25(41-26)44-3)42(21)28(43)45-5-2)40-27-38-16-18(7-6-10-37)22(39-27)13-17-11-19(29(31,32)33)14-20(12-17)30(34,35)36/h8-9,11-12,14,16,21,23H,4-7,13,15H2,1-3H3,(H,38,39,40)/t21-,23+/m1/s1. The van der Waals surface area contributed by atoms with Gasteiger partial charge in [-0.2, -0.15) is 31.6 Å². The van der Waals surface area contributed by atoms with Crippen molar-refractivity contribution in [2.45, 2.75) is 70.4 Å². The summed E-state index contributed by atoms with van der Waals surface area (Å²) in [6.07, 6.45) is -8.48. The number of aromatic nitrogens is 3. The Bertz CT molecular complexity index is 1540. The zero-order chi connectivity index (χ0) is 32.9. The maximum absolute atomic E-state index is 13.5. The topological polar surface area (TPSA) is 113 Å². The Morgan fingerprint density at radius 2 is 1.78 bits per heavy atom. The minimum Gasteiger partial charge on any atom is -0.481 e. The Labute approximate surface area is 255 Å². The Morgan fingerprint density at radius 1 is 1.09 bits per heavy atom. The largest absolute Gasteiger partial charge is 0.481 e. The van der Waals surface area contributed by atoms with E-state index in [0.29, 0.717) is 41.9 Å². The minimum absolute atomic E-state index is 0.0289. The first-order chi connectivity index (χ1) is 21.3. The summed E-state index contributed by atoms with van der Waals surface area (Å²) in [7, 11) is 1.44. The lowest BCUT2D eigenvalue weighted by atomic mass is 9.93. The number of hydrogen-bond acceptors (Lipinski definition) is 8. The van der Waals surface area contributed by atoms with E-state index in [1.807, 2.05) is 13.0 Å². The summed E-state index contributed by atoms with van der Waals surface area (Å²) in [4.78, 5) is 27.8. The lowest BCUT2D eigenvalue weighted by Crippen LogP contribution is -2.46. The molecule has 1 amide bonds. The number of anilines is 2. The van der Waals surface area contributed by atoms with Crippen LogP contribution in [-0.2, 0) is 29.9 Å². The van der Waals surface area contributed by atoms with Gasteiger partial charge in [0.25, 0.3) is 0 Å². The highest BCUT2D eigenvalue weighted by molar-refractivity contribution is 5.90. The number of ether oxygens (including phenoxy) is 2. The number of methoxy groups -OCH3 is 1. The number of alkyl halides is 6. The van der Waals surface area contributed by atoms with Gasteiger partial charge in [-0.25, -0.2) is 19.7 Å². The number of amides is 1. The molecule has 0 saturated heterocycles.